The Hall–Kier alpha value is -3.31. The van der Waals surface area contributed by atoms with Crippen molar-refractivity contribution in [2.75, 3.05) is 31.2 Å². The van der Waals surface area contributed by atoms with Gasteiger partial charge >= 0.3 is 5.97 Å². The molecule has 2 aromatic heterocycles. The number of aromatic amines is 1. The van der Waals surface area contributed by atoms with E-state index < -0.39 is 28.6 Å². The van der Waals surface area contributed by atoms with Gasteiger partial charge in [0.05, 0.1) is 41.0 Å². The Morgan fingerprint density at radius 2 is 1.81 bits per heavy atom. The maximum Gasteiger partial charge on any atom is 0.312 e. The van der Waals surface area contributed by atoms with E-state index in [0.717, 1.165) is 0 Å². The van der Waals surface area contributed by atoms with Crippen LogP contribution in [0.1, 0.15) is 39.5 Å². The van der Waals surface area contributed by atoms with E-state index in [4.69, 9.17) is 9.47 Å². The molecule has 1 saturated heterocycles. The lowest BCUT2D eigenvalue weighted by atomic mass is 9.66. The third-order valence-corrected chi connectivity index (χ3v) is 7.72. The second-order valence-corrected chi connectivity index (χ2v) is 10.3. The number of carbonyl (C=O) groups is 1. The topological polar surface area (TPSA) is 121 Å². The van der Waals surface area contributed by atoms with Gasteiger partial charge in [-0.3, -0.25) is 4.79 Å². The molecule has 198 valence electrons. The van der Waals surface area contributed by atoms with Gasteiger partial charge in [-0.05, 0) is 63.8 Å². The van der Waals surface area contributed by atoms with Gasteiger partial charge in [0.2, 0.25) is 0 Å². The van der Waals surface area contributed by atoms with Crippen LogP contribution in [0.15, 0.2) is 24.3 Å². The number of benzene rings is 1. The molecule has 1 aliphatic carbocycles. The Kier molecular flexibility index (Phi) is 6.53. The molecule has 0 unspecified atom stereocenters. The number of halogens is 2. The average molecular weight is 517 g/mol. The Bertz CT molecular complexity index is 1290. The van der Waals surface area contributed by atoms with Crippen molar-refractivity contribution in [3.8, 4) is 17.3 Å². The van der Waals surface area contributed by atoms with Gasteiger partial charge in [0.1, 0.15) is 17.7 Å². The van der Waals surface area contributed by atoms with Gasteiger partial charge in [-0.25, -0.2) is 13.8 Å². The Balaban J connectivity index is 1.31. The number of nitrogens with zero attached hydrogens (tertiary/aromatic N) is 3. The maximum atomic E-state index is 15.0. The number of hydrogen-bond donors (Lipinski definition) is 3. The highest BCUT2D eigenvalue weighted by Gasteiger charge is 2.50. The Morgan fingerprint density at radius 1 is 1.16 bits per heavy atom. The first-order chi connectivity index (χ1) is 17.6. The summed E-state index contributed by atoms with van der Waals surface area (Å²) in [7, 11) is 0. The number of ether oxygens (including phenoxy) is 2. The molecule has 5 rings (SSSR count). The van der Waals surface area contributed by atoms with Gasteiger partial charge in [-0.1, -0.05) is 0 Å². The minimum absolute atomic E-state index is 0.118. The van der Waals surface area contributed by atoms with Crippen LogP contribution in [0, 0.1) is 17.0 Å². The van der Waals surface area contributed by atoms with E-state index in [-0.39, 0.29) is 41.9 Å². The van der Waals surface area contributed by atoms with E-state index in [1.807, 2.05) is 4.90 Å². The fourth-order valence-corrected chi connectivity index (χ4v) is 5.04. The van der Waals surface area contributed by atoms with Gasteiger partial charge < -0.3 is 29.6 Å². The zero-order chi connectivity index (χ0) is 26.4. The number of fused-ring (bicyclic) bond motifs is 1. The van der Waals surface area contributed by atoms with Crippen LogP contribution >= 0.6 is 0 Å². The number of imidazole rings is 1. The number of carboxylic acids is 1. The molecule has 0 spiro atoms. The van der Waals surface area contributed by atoms with Crippen molar-refractivity contribution in [3.05, 3.63) is 35.9 Å². The number of rotatable bonds is 6. The fourth-order valence-electron chi connectivity index (χ4n) is 5.04. The van der Waals surface area contributed by atoms with E-state index >= 15 is 8.78 Å². The number of pyridine rings is 1. The number of carboxylic acid groups (broad SMARTS) is 1. The number of anilines is 1. The second kappa shape index (κ2) is 9.53. The van der Waals surface area contributed by atoms with Crippen LogP contribution in [0.5, 0.6) is 6.01 Å². The van der Waals surface area contributed by atoms with Gasteiger partial charge in [0.15, 0.2) is 5.65 Å². The van der Waals surface area contributed by atoms with Crippen molar-refractivity contribution >= 4 is 22.8 Å². The molecule has 1 aromatic carbocycles. The van der Waals surface area contributed by atoms with Gasteiger partial charge in [-0.15, -0.1) is 0 Å². The number of H-pyrrole nitrogens is 1. The molecule has 3 heterocycles. The third kappa shape index (κ3) is 4.73. The van der Waals surface area contributed by atoms with E-state index in [1.54, 1.807) is 6.07 Å². The Labute approximate surface area is 212 Å². The molecule has 3 N–H and O–H groups in total. The molecule has 2 fully saturated rings. The van der Waals surface area contributed by atoms with E-state index in [9.17, 15) is 15.0 Å². The zero-order valence-electron chi connectivity index (χ0n) is 20.8. The monoisotopic (exact) mass is 516 g/mol. The quantitative estimate of drug-likeness (QED) is 0.451. The molecular weight excluding hydrogens is 486 g/mol. The van der Waals surface area contributed by atoms with Crippen molar-refractivity contribution < 1.29 is 33.3 Å². The number of hydrogen-bond acceptors (Lipinski definition) is 7. The van der Waals surface area contributed by atoms with Crippen molar-refractivity contribution in [1.82, 2.24) is 15.0 Å². The summed E-state index contributed by atoms with van der Waals surface area (Å²) in [6.45, 7) is 5.21. The first-order valence-electron chi connectivity index (χ1n) is 12.4. The van der Waals surface area contributed by atoms with Crippen molar-refractivity contribution in [3.63, 3.8) is 0 Å². The van der Waals surface area contributed by atoms with E-state index in [2.05, 4.69) is 15.0 Å². The summed E-state index contributed by atoms with van der Waals surface area (Å²) in [5.41, 5.74) is -1.45. The van der Waals surface area contributed by atoms with Crippen molar-refractivity contribution in [2.24, 2.45) is 5.41 Å². The van der Waals surface area contributed by atoms with Crippen LogP contribution in [0.2, 0.25) is 0 Å². The standard InChI is InChI=1S/C26H30F2N4O5/c1-25(2,23(33)34)26(35)7-5-16(6-8-26)37-24-30-20-4-3-19(29-22(20)31-24)21-17(27)13-15(14-18(21)28)32-9-11-36-12-10-32/h3-4,13-14,16,35H,5-12H2,1-2H3,(H,33,34)(H,29,30,31)/t16-,26+. The number of aliphatic carboxylic acids is 1. The minimum atomic E-state index is -1.32. The van der Waals surface area contributed by atoms with Gasteiger partial charge in [-0.2, -0.15) is 4.98 Å². The van der Waals surface area contributed by atoms with Crippen LogP contribution in [-0.2, 0) is 9.53 Å². The summed E-state index contributed by atoms with van der Waals surface area (Å²) in [6, 6.07) is 5.99. The lowest BCUT2D eigenvalue weighted by Crippen LogP contribution is -2.52. The summed E-state index contributed by atoms with van der Waals surface area (Å²) in [5, 5.41) is 20.4. The van der Waals surface area contributed by atoms with Gasteiger partial charge in [0.25, 0.3) is 6.01 Å². The number of aliphatic hydroxyl groups is 1. The maximum absolute atomic E-state index is 15.0. The highest BCUT2D eigenvalue weighted by atomic mass is 19.1. The molecule has 3 aromatic rings. The molecule has 37 heavy (non-hydrogen) atoms. The van der Waals surface area contributed by atoms with Crippen molar-refractivity contribution in [2.45, 2.75) is 51.2 Å². The molecule has 1 aliphatic heterocycles. The Morgan fingerprint density at radius 3 is 2.43 bits per heavy atom. The van der Waals surface area contributed by atoms with E-state index in [0.29, 0.717) is 50.3 Å². The summed E-state index contributed by atoms with van der Waals surface area (Å²) in [6.07, 6.45) is 1.19. The molecule has 2 aliphatic rings. The highest BCUT2D eigenvalue weighted by molar-refractivity contribution is 5.77. The van der Waals surface area contributed by atoms with Crippen LogP contribution in [-0.4, -0.2) is 69.1 Å². The van der Waals surface area contributed by atoms with Crippen LogP contribution in [0.4, 0.5) is 14.5 Å². The second-order valence-electron chi connectivity index (χ2n) is 10.3. The lowest BCUT2D eigenvalue weighted by Gasteiger charge is -2.44. The third-order valence-electron chi connectivity index (χ3n) is 7.72. The first kappa shape index (κ1) is 25.3. The van der Waals surface area contributed by atoms with E-state index in [1.165, 1.54) is 32.0 Å². The largest absolute Gasteiger partial charge is 0.481 e. The fraction of sp³-hybridized carbons (Fsp3) is 0.500. The predicted molar refractivity (Wildman–Crippen MR) is 132 cm³/mol. The zero-order valence-corrected chi connectivity index (χ0v) is 20.8. The molecule has 0 amide bonds. The predicted octanol–water partition coefficient (Wildman–Crippen LogP) is 3.90. The van der Waals surface area contributed by atoms with Crippen LogP contribution in [0.3, 0.4) is 0 Å². The SMILES string of the molecule is CC(C)(C(=O)O)[C@]1(O)CC[C@@H](Oc2nc3nc(-c4c(F)cc(N5CCOCC5)cc4F)ccc3[nH]2)CC1. The molecule has 1 saturated carbocycles. The van der Waals surface area contributed by atoms with Crippen LogP contribution < -0.4 is 9.64 Å². The normalized spacial score (nSPS) is 22.8. The molecule has 9 nitrogen and oxygen atoms in total. The average Bonchev–Trinajstić information content (AvgIpc) is 3.27. The summed E-state index contributed by atoms with van der Waals surface area (Å²) in [4.78, 5) is 25.2. The minimum Gasteiger partial charge on any atom is -0.481 e. The summed E-state index contributed by atoms with van der Waals surface area (Å²) >= 11 is 0. The van der Waals surface area contributed by atoms with Crippen LogP contribution in [0.25, 0.3) is 22.4 Å². The number of aromatic nitrogens is 3. The van der Waals surface area contributed by atoms with Gasteiger partial charge in [0, 0.05) is 18.8 Å². The molecule has 0 radical (unpaired) electrons. The summed E-state index contributed by atoms with van der Waals surface area (Å²) < 4.78 is 41.3. The number of morpholine rings is 1. The molecule has 0 bridgehead atoms. The highest BCUT2D eigenvalue weighted by Crippen LogP contribution is 2.43. The smallest absolute Gasteiger partial charge is 0.312 e. The molecule has 0 atom stereocenters. The number of nitrogens with one attached hydrogen (secondary N) is 1. The van der Waals surface area contributed by atoms with Crippen molar-refractivity contribution in [1.29, 1.82) is 0 Å². The summed E-state index contributed by atoms with van der Waals surface area (Å²) in [5.74, 6) is -2.46. The lowest BCUT2D eigenvalue weighted by molar-refractivity contribution is -0.171. The first-order valence-corrected chi connectivity index (χ1v) is 12.4. The molecule has 11 heteroatoms. The molecular formula is C26H30F2N4O5.